The van der Waals surface area contributed by atoms with Crippen molar-refractivity contribution >= 4 is 0 Å². The van der Waals surface area contributed by atoms with Crippen molar-refractivity contribution in [2.45, 2.75) is 30.3 Å². The summed E-state index contributed by atoms with van der Waals surface area (Å²) in [6.45, 7) is 1.30. The lowest BCUT2D eigenvalue weighted by Crippen LogP contribution is -2.41. The van der Waals surface area contributed by atoms with E-state index < -0.39 is 5.60 Å². The van der Waals surface area contributed by atoms with Crippen molar-refractivity contribution in [1.82, 2.24) is 0 Å². The summed E-state index contributed by atoms with van der Waals surface area (Å²) in [5.74, 6) is 0. The van der Waals surface area contributed by atoms with Crippen LogP contribution >= 0.6 is 0 Å². The van der Waals surface area contributed by atoms with Gasteiger partial charge in [0, 0.05) is 6.61 Å². The Morgan fingerprint density at radius 1 is 0.679 bits per heavy atom. The zero-order valence-corrected chi connectivity index (χ0v) is 15.7. The van der Waals surface area contributed by atoms with Crippen molar-refractivity contribution in [1.29, 1.82) is 0 Å². The van der Waals surface area contributed by atoms with Crippen molar-refractivity contribution in [3.8, 4) is 0 Å². The van der Waals surface area contributed by atoms with Gasteiger partial charge in [-0.15, -0.1) is 0 Å². The van der Waals surface area contributed by atoms with E-state index >= 15 is 0 Å². The molecule has 0 aromatic heterocycles. The summed E-state index contributed by atoms with van der Waals surface area (Å²) in [6.07, 6.45) is 0.966. The highest BCUT2D eigenvalue weighted by Crippen LogP contribution is 2.43. The smallest absolute Gasteiger partial charge is 0.144 e. The number of rotatable bonds is 5. The van der Waals surface area contributed by atoms with Gasteiger partial charge in [-0.25, -0.2) is 0 Å². The lowest BCUT2D eigenvalue weighted by Gasteiger charge is -2.38. The normalized spacial score (nSPS) is 24.2. The van der Waals surface area contributed by atoms with Gasteiger partial charge in [0.1, 0.15) is 17.8 Å². The third-order valence-electron chi connectivity index (χ3n) is 5.79. The van der Waals surface area contributed by atoms with E-state index in [1.165, 1.54) is 0 Å². The Morgan fingerprint density at radius 2 is 1.18 bits per heavy atom. The van der Waals surface area contributed by atoms with Crippen LogP contribution in [0.4, 0.5) is 0 Å². The molecular formula is C25H24O3. The van der Waals surface area contributed by atoms with E-state index in [0.717, 1.165) is 29.7 Å². The van der Waals surface area contributed by atoms with Crippen molar-refractivity contribution < 1.29 is 14.2 Å². The van der Waals surface area contributed by atoms with Gasteiger partial charge in [0.05, 0.1) is 12.7 Å². The topological polar surface area (TPSA) is 27.7 Å². The molecule has 0 radical (unpaired) electrons. The average Bonchev–Trinajstić information content (AvgIpc) is 3.39. The van der Waals surface area contributed by atoms with Crippen LogP contribution in [0.25, 0.3) is 0 Å². The van der Waals surface area contributed by atoms with E-state index in [1.807, 2.05) is 18.2 Å². The molecule has 2 aliphatic rings. The second kappa shape index (κ2) is 7.51. The minimum atomic E-state index is -0.724. The van der Waals surface area contributed by atoms with E-state index in [4.69, 9.17) is 14.2 Å². The Hall–Kier alpha value is -2.46. The van der Waals surface area contributed by atoms with Gasteiger partial charge in [0.25, 0.3) is 0 Å². The zero-order valence-electron chi connectivity index (χ0n) is 15.7. The highest BCUT2D eigenvalue weighted by Gasteiger charge is 2.48. The number of hydrogen-bond acceptors (Lipinski definition) is 3. The lowest BCUT2D eigenvalue weighted by atomic mass is 9.79. The third kappa shape index (κ3) is 2.96. The molecule has 3 nitrogen and oxygen atoms in total. The number of hydrogen-bond donors (Lipinski definition) is 0. The molecule has 0 saturated carbocycles. The lowest BCUT2D eigenvalue weighted by molar-refractivity contribution is -0.0939. The van der Waals surface area contributed by atoms with Crippen LogP contribution < -0.4 is 0 Å². The largest absolute Gasteiger partial charge is 0.373 e. The SMILES string of the molecule is c1ccc(C(O[C@H]2CO[C@@H]3CCO[C@H]23)(c2ccccc2)c2ccccc2)cc1. The van der Waals surface area contributed by atoms with Gasteiger partial charge in [-0.1, -0.05) is 91.0 Å². The molecule has 2 aliphatic heterocycles. The summed E-state index contributed by atoms with van der Waals surface area (Å²) in [7, 11) is 0. The zero-order chi connectivity index (χ0) is 18.8. The number of fused-ring (bicyclic) bond motifs is 1. The van der Waals surface area contributed by atoms with E-state index in [2.05, 4.69) is 72.8 Å². The molecule has 3 atom stereocenters. The maximum atomic E-state index is 7.02. The Bertz CT molecular complexity index is 798. The molecule has 0 spiro atoms. The van der Waals surface area contributed by atoms with Crippen molar-refractivity contribution in [3.05, 3.63) is 108 Å². The van der Waals surface area contributed by atoms with Crippen LogP contribution in [0, 0.1) is 0 Å². The molecule has 0 bridgehead atoms. The second-order valence-electron chi connectivity index (χ2n) is 7.43. The summed E-state index contributed by atoms with van der Waals surface area (Å²) >= 11 is 0. The standard InChI is InChI=1S/C25H24O3/c1-4-10-19(11-5-1)25(20-12-6-2-7-13-20,21-14-8-3-9-15-21)28-23-18-27-22-16-17-26-24(22)23/h1-15,22-24H,16-18H2/t22-,23+,24+/m1/s1. The first kappa shape index (κ1) is 17.6. The molecule has 28 heavy (non-hydrogen) atoms. The Labute approximate surface area is 165 Å². The minimum Gasteiger partial charge on any atom is -0.373 e. The van der Waals surface area contributed by atoms with Gasteiger partial charge in [-0.2, -0.15) is 0 Å². The van der Waals surface area contributed by atoms with Crippen molar-refractivity contribution in [3.63, 3.8) is 0 Å². The second-order valence-corrected chi connectivity index (χ2v) is 7.43. The predicted octanol–water partition coefficient (Wildman–Crippen LogP) is 4.55. The molecule has 0 aliphatic carbocycles. The average molecular weight is 372 g/mol. The van der Waals surface area contributed by atoms with Crippen LogP contribution in [0.15, 0.2) is 91.0 Å². The Kier molecular flexibility index (Phi) is 4.73. The summed E-state index contributed by atoms with van der Waals surface area (Å²) in [5.41, 5.74) is 2.59. The van der Waals surface area contributed by atoms with Crippen LogP contribution in [-0.4, -0.2) is 31.5 Å². The van der Waals surface area contributed by atoms with E-state index in [9.17, 15) is 0 Å². The maximum Gasteiger partial charge on any atom is 0.144 e. The monoisotopic (exact) mass is 372 g/mol. The van der Waals surface area contributed by atoms with Gasteiger partial charge >= 0.3 is 0 Å². The molecule has 0 amide bonds. The van der Waals surface area contributed by atoms with Crippen LogP contribution in [0.5, 0.6) is 0 Å². The minimum absolute atomic E-state index is 0.00416. The molecule has 3 aromatic carbocycles. The highest BCUT2D eigenvalue weighted by molar-refractivity contribution is 5.47. The van der Waals surface area contributed by atoms with E-state index in [1.54, 1.807) is 0 Å². The van der Waals surface area contributed by atoms with E-state index in [0.29, 0.717) is 6.61 Å². The summed E-state index contributed by atoms with van der Waals surface area (Å²) in [5, 5.41) is 0. The molecule has 0 unspecified atom stereocenters. The molecule has 2 saturated heterocycles. The quantitative estimate of drug-likeness (QED) is 0.615. The fourth-order valence-electron chi connectivity index (χ4n) is 4.48. The summed E-state index contributed by atoms with van der Waals surface area (Å²) < 4.78 is 19.0. The molecule has 0 N–H and O–H groups in total. The van der Waals surface area contributed by atoms with Crippen molar-refractivity contribution in [2.24, 2.45) is 0 Å². The highest BCUT2D eigenvalue weighted by atomic mass is 16.6. The number of ether oxygens (including phenoxy) is 3. The molecule has 3 heteroatoms. The summed E-state index contributed by atoms with van der Waals surface area (Å²) in [6, 6.07) is 31.4. The molecular weight excluding hydrogens is 348 g/mol. The van der Waals surface area contributed by atoms with Gasteiger partial charge in [-0.3, -0.25) is 0 Å². The Morgan fingerprint density at radius 3 is 1.68 bits per heavy atom. The molecule has 2 fully saturated rings. The first-order chi connectivity index (χ1) is 13.9. The van der Waals surface area contributed by atoms with Gasteiger partial charge in [0.2, 0.25) is 0 Å². The van der Waals surface area contributed by atoms with Gasteiger partial charge < -0.3 is 14.2 Å². The molecule has 3 aromatic rings. The summed E-state index contributed by atoms with van der Waals surface area (Å²) in [4.78, 5) is 0. The molecule has 2 heterocycles. The Balaban J connectivity index is 1.68. The van der Waals surface area contributed by atoms with Crippen LogP contribution in [0.2, 0.25) is 0 Å². The maximum absolute atomic E-state index is 7.02. The van der Waals surface area contributed by atoms with Gasteiger partial charge in [0.15, 0.2) is 0 Å². The fraction of sp³-hybridized carbons (Fsp3) is 0.280. The third-order valence-corrected chi connectivity index (χ3v) is 5.79. The predicted molar refractivity (Wildman–Crippen MR) is 108 cm³/mol. The van der Waals surface area contributed by atoms with Crippen LogP contribution in [0.1, 0.15) is 23.1 Å². The van der Waals surface area contributed by atoms with E-state index in [-0.39, 0.29) is 18.3 Å². The van der Waals surface area contributed by atoms with Crippen molar-refractivity contribution in [2.75, 3.05) is 13.2 Å². The first-order valence-corrected chi connectivity index (χ1v) is 9.95. The van der Waals surface area contributed by atoms with Crippen LogP contribution in [0.3, 0.4) is 0 Å². The first-order valence-electron chi connectivity index (χ1n) is 9.95. The fourth-order valence-corrected chi connectivity index (χ4v) is 4.48. The van der Waals surface area contributed by atoms with Gasteiger partial charge in [-0.05, 0) is 23.1 Å². The van der Waals surface area contributed by atoms with Crippen LogP contribution in [-0.2, 0) is 19.8 Å². The molecule has 5 rings (SSSR count). The number of benzene rings is 3. The molecule has 142 valence electrons.